The molecular weight excluding hydrogens is 229 g/mol. The zero-order valence-electron chi connectivity index (χ0n) is 10.6. The number of piperidine rings is 1. The van der Waals surface area contributed by atoms with Crippen molar-refractivity contribution in [2.75, 3.05) is 6.54 Å². The molecule has 3 nitrogen and oxygen atoms in total. The van der Waals surface area contributed by atoms with Crippen LogP contribution >= 0.6 is 0 Å². The molecule has 0 spiro atoms. The molecule has 1 fully saturated rings. The lowest BCUT2D eigenvalue weighted by molar-refractivity contribution is 0.388. The zero-order valence-corrected chi connectivity index (χ0v) is 10.6. The number of fused-ring (bicyclic) bond motifs is 1. The van der Waals surface area contributed by atoms with Crippen molar-refractivity contribution in [3.05, 3.63) is 29.8 Å². The average Bonchev–Trinajstić information content (AvgIpc) is 2.77. The van der Waals surface area contributed by atoms with Crippen molar-refractivity contribution < 1.29 is 4.39 Å². The van der Waals surface area contributed by atoms with Gasteiger partial charge in [-0.15, -0.1) is 0 Å². The highest BCUT2D eigenvalue weighted by molar-refractivity contribution is 5.76. The van der Waals surface area contributed by atoms with Crippen LogP contribution in [0.4, 0.5) is 4.39 Å². The molecule has 1 unspecified atom stereocenters. The first-order chi connectivity index (χ1) is 8.79. The average molecular weight is 247 g/mol. The number of halogens is 1. The van der Waals surface area contributed by atoms with E-state index in [1.54, 1.807) is 12.1 Å². The van der Waals surface area contributed by atoms with Gasteiger partial charge in [-0.2, -0.15) is 0 Å². The highest BCUT2D eigenvalue weighted by atomic mass is 19.1. The Morgan fingerprint density at radius 1 is 1.44 bits per heavy atom. The maximum Gasteiger partial charge on any atom is 0.127 e. The second kappa shape index (κ2) is 4.69. The van der Waals surface area contributed by atoms with Crippen molar-refractivity contribution >= 4 is 11.0 Å². The fourth-order valence-corrected chi connectivity index (χ4v) is 2.79. The summed E-state index contributed by atoms with van der Waals surface area (Å²) < 4.78 is 15.5. The van der Waals surface area contributed by atoms with Crippen LogP contribution in [0.5, 0.6) is 0 Å². The number of aryl methyl sites for hydroxylation is 1. The van der Waals surface area contributed by atoms with Gasteiger partial charge >= 0.3 is 0 Å². The highest BCUT2D eigenvalue weighted by Gasteiger charge is 2.21. The summed E-state index contributed by atoms with van der Waals surface area (Å²) in [5.41, 5.74) is 1.79. The third-order valence-electron chi connectivity index (χ3n) is 3.68. The third kappa shape index (κ3) is 1.90. The summed E-state index contributed by atoms with van der Waals surface area (Å²) >= 11 is 0. The van der Waals surface area contributed by atoms with E-state index in [0.29, 0.717) is 6.04 Å². The van der Waals surface area contributed by atoms with E-state index >= 15 is 0 Å². The standard InChI is InChI=1S/C14H18FN3/c1-2-18-13-9-10(15)6-7-11(13)17-14(18)12-5-3-4-8-16-12/h6-7,9,12,16H,2-5,8H2,1H3. The van der Waals surface area contributed by atoms with Crippen LogP contribution in [0, 0.1) is 5.82 Å². The molecule has 0 radical (unpaired) electrons. The molecule has 2 heterocycles. The Hall–Kier alpha value is -1.42. The molecule has 96 valence electrons. The third-order valence-corrected chi connectivity index (χ3v) is 3.68. The first-order valence-electron chi connectivity index (χ1n) is 6.68. The van der Waals surface area contributed by atoms with Crippen molar-refractivity contribution in [2.24, 2.45) is 0 Å². The summed E-state index contributed by atoms with van der Waals surface area (Å²) in [6.07, 6.45) is 3.59. The van der Waals surface area contributed by atoms with Gasteiger partial charge in [0.15, 0.2) is 0 Å². The maximum atomic E-state index is 13.3. The molecular formula is C14H18FN3. The predicted octanol–water partition coefficient (Wildman–Crippen LogP) is 3.01. The first kappa shape index (κ1) is 11.7. The molecule has 1 aromatic heterocycles. The van der Waals surface area contributed by atoms with Gasteiger partial charge in [0.05, 0.1) is 17.1 Å². The van der Waals surface area contributed by atoms with Gasteiger partial charge in [-0.3, -0.25) is 0 Å². The quantitative estimate of drug-likeness (QED) is 0.884. The second-order valence-electron chi connectivity index (χ2n) is 4.85. The molecule has 4 heteroatoms. The van der Waals surface area contributed by atoms with Gasteiger partial charge in [0.25, 0.3) is 0 Å². The Kier molecular flexibility index (Phi) is 3.04. The van der Waals surface area contributed by atoms with E-state index in [1.807, 2.05) is 0 Å². The number of rotatable bonds is 2. The molecule has 0 saturated carbocycles. The number of nitrogens with one attached hydrogen (secondary N) is 1. The van der Waals surface area contributed by atoms with Crippen molar-refractivity contribution in [1.82, 2.24) is 14.9 Å². The van der Waals surface area contributed by atoms with Crippen LogP contribution in [0.3, 0.4) is 0 Å². The molecule has 18 heavy (non-hydrogen) atoms. The topological polar surface area (TPSA) is 29.9 Å². The Morgan fingerprint density at radius 3 is 3.06 bits per heavy atom. The van der Waals surface area contributed by atoms with E-state index in [4.69, 9.17) is 0 Å². The minimum absolute atomic E-state index is 0.194. The summed E-state index contributed by atoms with van der Waals surface area (Å²) in [6, 6.07) is 5.14. The number of hydrogen-bond acceptors (Lipinski definition) is 2. The van der Waals surface area contributed by atoms with Crippen molar-refractivity contribution in [1.29, 1.82) is 0 Å². The summed E-state index contributed by atoms with van der Waals surface area (Å²) in [5, 5.41) is 3.51. The van der Waals surface area contributed by atoms with Crippen LogP contribution in [-0.2, 0) is 6.54 Å². The predicted molar refractivity (Wildman–Crippen MR) is 70.0 cm³/mol. The fourth-order valence-electron chi connectivity index (χ4n) is 2.79. The van der Waals surface area contributed by atoms with Gasteiger partial charge < -0.3 is 9.88 Å². The van der Waals surface area contributed by atoms with Crippen LogP contribution < -0.4 is 5.32 Å². The van der Waals surface area contributed by atoms with E-state index in [1.165, 1.54) is 18.9 Å². The van der Waals surface area contributed by atoms with Gasteiger partial charge in [-0.25, -0.2) is 9.37 Å². The van der Waals surface area contributed by atoms with Gasteiger partial charge in [0.1, 0.15) is 11.6 Å². The molecule has 1 N–H and O–H groups in total. The Bertz CT molecular complexity index is 555. The number of nitrogens with zero attached hydrogens (tertiary/aromatic N) is 2. The lowest BCUT2D eigenvalue weighted by Gasteiger charge is -2.23. The largest absolute Gasteiger partial charge is 0.327 e. The van der Waals surface area contributed by atoms with E-state index < -0.39 is 0 Å². The van der Waals surface area contributed by atoms with E-state index in [9.17, 15) is 4.39 Å². The minimum atomic E-state index is -0.194. The van der Waals surface area contributed by atoms with Crippen LogP contribution in [0.1, 0.15) is 38.1 Å². The van der Waals surface area contributed by atoms with Gasteiger partial charge in [0, 0.05) is 6.54 Å². The molecule has 1 aliphatic rings. The van der Waals surface area contributed by atoms with Crippen LogP contribution in [0.2, 0.25) is 0 Å². The molecule has 3 rings (SSSR count). The Morgan fingerprint density at radius 2 is 2.33 bits per heavy atom. The van der Waals surface area contributed by atoms with Gasteiger partial charge in [0.2, 0.25) is 0 Å². The number of benzene rings is 1. The number of aromatic nitrogens is 2. The summed E-state index contributed by atoms with van der Waals surface area (Å²) in [5.74, 6) is 0.859. The maximum absolute atomic E-state index is 13.3. The molecule has 0 aliphatic carbocycles. The van der Waals surface area contributed by atoms with Crippen LogP contribution in [0.25, 0.3) is 11.0 Å². The number of imidazole rings is 1. The van der Waals surface area contributed by atoms with Crippen molar-refractivity contribution in [3.63, 3.8) is 0 Å². The Labute approximate surface area is 106 Å². The Balaban J connectivity index is 2.10. The summed E-state index contributed by atoms with van der Waals surface area (Å²) in [7, 11) is 0. The summed E-state index contributed by atoms with van der Waals surface area (Å²) in [6.45, 7) is 3.96. The zero-order chi connectivity index (χ0) is 12.5. The smallest absolute Gasteiger partial charge is 0.127 e. The monoisotopic (exact) mass is 247 g/mol. The molecule has 1 atom stereocenters. The van der Waals surface area contributed by atoms with E-state index in [2.05, 4.69) is 21.8 Å². The van der Waals surface area contributed by atoms with Crippen LogP contribution in [0.15, 0.2) is 18.2 Å². The summed E-state index contributed by atoms with van der Waals surface area (Å²) in [4.78, 5) is 4.68. The highest BCUT2D eigenvalue weighted by Crippen LogP contribution is 2.26. The molecule has 0 bridgehead atoms. The SMILES string of the molecule is CCn1c(C2CCCCN2)nc2ccc(F)cc21. The molecule has 1 aromatic carbocycles. The van der Waals surface area contributed by atoms with Crippen molar-refractivity contribution in [2.45, 2.75) is 38.8 Å². The van der Waals surface area contributed by atoms with Gasteiger partial charge in [-0.05, 0) is 44.5 Å². The normalized spacial score (nSPS) is 20.4. The lowest BCUT2D eigenvalue weighted by Crippen LogP contribution is -2.29. The molecule has 1 aliphatic heterocycles. The van der Waals surface area contributed by atoms with Gasteiger partial charge in [-0.1, -0.05) is 6.42 Å². The minimum Gasteiger partial charge on any atom is -0.327 e. The first-order valence-corrected chi connectivity index (χ1v) is 6.68. The molecule has 2 aromatic rings. The second-order valence-corrected chi connectivity index (χ2v) is 4.85. The van der Waals surface area contributed by atoms with E-state index in [0.717, 1.165) is 36.4 Å². The lowest BCUT2D eigenvalue weighted by atomic mass is 10.0. The fraction of sp³-hybridized carbons (Fsp3) is 0.500. The van der Waals surface area contributed by atoms with E-state index in [-0.39, 0.29) is 5.82 Å². The molecule has 1 saturated heterocycles. The van der Waals surface area contributed by atoms with Crippen LogP contribution in [-0.4, -0.2) is 16.1 Å². The van der Waals surface area contributed by atoms with Crippen molar-refractivity contribution in [3.8, 4) is 0 Å². The number of hydrogen-bond donors (Lipinski definition) is 1. The molecule has 0 amide bonds.